The van der Waals surface area contributed by atoms with Crippen LogP contribution < -0.4 is 16.4 Å². The van der Waals surface area contributed by atoms with Gasteiger partial charge in [0, 0.05) is 6.54 Å². The topological polar surface area (TPSA) is 92.6 Å². The van der Waals surface area contributed by atoms with Gasteiger partial charge in [0.05, 0.1) is 23.5 Å². The summed E-state index contributed by atoms with van der Waals surface area (Å²) >= 11 is 0. The van der Waals surface area contributed by atoms with Crippen LogP contribution >= 0.6 is 0 Å². The number of nitrogen functional groups attached to an aromatic ring is 1. The average Bonchev–Trinajstić information content (AvgIpc) is 2.26. The molecule has 0 saturated carbocycles. The van der Waals surface area contributed by atoms with Gasteiger partial charge in [-0.25, -0.2) is 0 Å². The number of nitrogens with zero attached hydrogens (tertiary/aromatic N) is 1. The van der Waals surface area contributed by atoms with Gasteiger partial charge < -0.3 is 21.5 Å². The molecule has 0 aliphatic carbocycles. The van der Waals surface area contributed by atoms with Gasteiger partial charge in [0.25, 0.3) is 5.91 Å². The highest BCUT2D eigenvalue weighted by Gasteiger charge is 2.32. The highest BCUT2D eigenvalue weighted by molar-refractivity contribution is 6.01. The third-order valence-corrected chi connectivity index (χ3v) is 2.39. The minimum absolute atomic E-state index is 0.00556. The first-order valence-corrected chi connectivity index (χ1v) is 5.37. The highest BCUT2D eigenvalue weighted by atomic mass is 19.4. The fourth-order valence-corrected chi connectivity index (χ4v) is 1.72. The number of halogens is 3. The second-order valence-corrected chi connectivity index (χ2v) is 3.87. The summed E-state index contributed by atoms with van der Waals surface area (Å²) in [6.07, 6.45) is -4.49. The van der Waals surface area contributed by atoms with Crippen LogP contribution in [0, 0.1) is 0 Å². The van der Waals surface area contributed by atoms with Gasteiger partial charge >= 0.3 is 6.18 Å². The second-order valence-electron chi connectivity index (χ2n) is 3.87. The van der Waals surface area contributed by atoms with Crippen molar-refractivity contribution in [3.63, 3.8) is 0 Å². The molecule has 0 unspecified atom stereocenters. The van der Waals surface area contributed by atoms with E-state index in [-0.39, 0.29) is 23.5 Å². The zero-order chi connectivity index (χ0) is 14.6. The SMILES string of the molecule is NC(=O)c1cccc(N)c1N(CCO)CC(F)(F)F. The first-order chi connectivity index (χ1) is 8.76. The number of aliphatic hydroxyl groups excluding tert-OH is 1. The molecule has 0 heterocycles. The van der Waals surface area contributed by atoms with E-state index < -0.39 is 25.2 Å². The van der Waals surface area contributed by atoms with Crippen molar-refractivity contribution in [3.05, 3.63) is 23.8 Å². The number of aliphatic hydroxyl groups is 1. The van der Waals surface area contributed by atoms with Gasteiger partial charge in [0.2, 0.25) is 0 Å². The van der Waals surface area contributed by atoms with Crippen LogP contribution in [0.2, 0.25) is 0 Å². The van der Waals surface area contributed by atoms with E-state index in [9.17, 15) is 18.0 Å². The number of hydrogen-bond donors (Lipinski definition) is 3. The van der Waals surface area contributed by atoms with Gasteiger partial charge in [0.15, 0.2) is 0 Å². The molecule has 0 aromatic heterocycles. The van der Waals surface area contributed by atoms with Crippen molar-refractivity contribution in [2.75, 3.05) is 30.3 Å². The van der Waals surface area contributed by atoms with E-state index in [4.69, 9.17) is 16.6 Å². The Morgan fingerprint density at radius 2 is 2.00 bits per heavy atom. The number of amides is 1. The molecule has 1 aromatic rings. The first-order valence-electron chi connectivity index (χ1n) is 5.37. The molecule has 1 rings (SSSR count). The zero-order valence-corrected chi connectivity index (χ0v) is 9.94. The van der Waals surface area contributed by atoms with Crippen LogP contribution in [0.25, 0.3) is 0 Å². The highest BCUT2D eigenvalue weighted by Crippen LogP contribution is 2.30. The van der Waals surface area contributed by atoms with E-state index in [1.807, 2.05) is 0 Å². The summed E-state index contributed by atoms with van der Waals surface area (Å²) in [6, 6.07) is 4.07. The van der Waals surface area contributed by atoms with Crippen LogP contribution in [0.4, 0.5) is 24.5 Å². The largest absolute Gasteiger partial charge is 0.405 e. The van der Waals surface area contributed by atoms with Crippen molar-refractivity contribution in [1.29, 1.82) is 0 Å². The molecular formula is C11H14F3N3O2. The number of benzene rings is 1. The molecule has 0 aliphatic heterocycles. The van der Waals surface area contributed by atoms with Crippen LogP contribution in [0.1, 0.15) is 10.4 Å². The molecule has 0 spiro atoms. The van der Waals surface area contributed by atoms with Crippen molar-refractivity contribution in [1.82, 2.24) is 0 Å². The minimum Gasteiger partial charge on any atom is -0.397 e. The lowest BCUT2D eigenvalue weighted by Gasteiger charge is -2.27. The Labute approximate surface area is 107 Å². The molecule has 5 nitrogen and oxygen atoms in total. The predicted octanol–water partition coefficient (Wildman–Crippen LogP) is 0.729. The molecule has 0 aliphatic rings. The standard InChI is InChI=1S/C11H14F3N3O2/c12-11(13,14)6-17(4-5-18)9-7(10(16)19)2-1-3-8(9)15/h1-3,18H,4-6,15H2,(H2,16,19). The van der Waals surface area contributed by atoms with Gasteiger partial charge in [-0.2, -0.15) is 13.2 Å². The van der Waals surface area contributed by atoms with E-state index in [0.717, 1.165) is 4.90 Å². The summed E-state index contributed by atoms with van der Waals surface area (Å²) < 4.78 is 37.5. The van der Waals surface area contributed by atoms with Crippen LogP contribution in [0.5, 0.6) is 0 Å². The summed E-state index contributed by atoms with van der Waals surface area (Å²) in [6.45, 7) is -2.15. The fraction of sp³-hybridized carbons (Fsp3) is 0.364. The number of nitrogens with two attached hydrogens (primary N) is 2. The summed E-state index contributed by atoms with van der Waals surface area (Å²) in [5.74, 6) is -0.882. The number of anilines is 2. The zero-order valence-electron chi connectivity index (χ0n) is 9.94. The summed E-state index contributed by atoms with van der Waals surface area (Å²) in [5.41, 5.74) is 10.5. The first kappa shape index (κ1) is 15.1. The molecule has 5 N–H and O–H groups in total. The van der Waals surface area contributed by atoms with E-state index in [1.54, 1.807) is 0 Å². The number of rotatable bonds is 5. The Kier molecular flexibility index (Phi) is 4.60. The van der Waals surface area contributed by atoms with Crippen molar-refractivity contribution >= 4 is 17.3 Å². The van der Waals surface area contributed by atoms with E-state index in [0.29, 0.717) is 0 Å². The number of primary amides is 1. The molecule has 19 heavy (non-hydrogen) atoms. The Hall–Kier alpha value is -1.96. The molecule has 0 fully saturated rings. The predicted molar refractivity (Wildman–Crippen MR) is 64.7 cm³/mol. The molecule has 0 saturated heterocycles. The second kappa shape index (κ2) is 5.79. The molecule has 1 aromatic carbocycles. The lowest BCUT2D eigenvalue weighted by atomic mass is 10.1. The number of para-hydroxylation sites is 1. The van der Waals surface area contributed by atoms with Gasteiger partial charge in [-0.1, -0.05) is 6.07 Å². The molecule has 0 atom stereocenters. The molecule has 0 radical (unpaired) electrons. The van der Waals surface area contributed by atoms with Crippen molar-refractivity contribution in [3.8, 4) is 0 Å². The number of hydrogen-bond acceptors (Lipinski definition) is 4. The Bertz CT molecular complexity index is 463. The number of carbonyl (C=O) groups excluding carboxylic acids is 1. The third kappa shape index (κ3) is 4.02. The van der Waals surface area contributed by atoms with Gasteiger partial charge in [-0.05, 0) is 12.1 Å². The van der Waals surface area contributed by atoms with E-state index in [2.05, 4.69) is 0 Å². The minimum atomic E-state index is -4.49. The third-order valence-electron chi connectivity index (χ3n) is 2.39. The fourth-order valence-electron chi connectivity index (χ4n) is 1.72. The molecule has 0 bridgehead atoms. The molecular weight excluding hydrogens is 263 g/mol. The maximum atomic E-state index is 12.5. The van der Waals surface area contributed by atoms with E-state index in [1.165, 1.54) is 18.2 Å². The average molecular weight is 277 g/mol. The summed E-state index contributed by atoms with van der Waals surface area (Å²) in [5, 5.41) is 8.85. The Morgan fingerprint density at radius 1 is 1.37 bits per heavy atom. The maximum Gasteiger partial charge on any atom is 0.405 e. The lowest BCUT2D eigenvalue weighted by Crippen LogP contribution is -2.38. The van der Waals surface area contributed by atoms with Gasteiger partial charge in [0.1, 0.15) is 6.54 Å². The van der Waals surface area contributed by atoms with Crippen molar-refractivity contribution in [2.45, 2.75) is 6.18 Å². The van der Waals surface area contributed by atoms with Crippen molar-refractivity contribution < 1.29 is 23.1 Å². The summed E-state index contributed by atoms with van der Waals surface area (Å²) in [4.78, 5) is 12.0. The Morgan fingerprint density at radius 3 is 2.47 bits per heavy atom. The Balaban J connectivity index is 3.25. The normalized spacial score (nSPS) is 11.4. The smallest absolute Gasteiger partial charge is 0.397 e. The van der Waals surface area contributed by atoms with Gasteiger partial charge in [-0.15, -0.1) is 0 Å². The molecule has 8 heteroatoms. The quantitative estimate of drug-likeness (QED) is 0.692. The van der Waals surface area contributed by atoms with Crippen LogP contribution in [0.3, 0.4) is 0 Å². The number of carbonyl (C=O) groups is 1. The molecule has 106 valence electrons. The van der Waals surface area contributed by atoms with Gasteiger partial charge in [-0.3, -0.25) is 4.79 Å². The molecule has 1 amide bonds. The summed E-state index contributed by atoms with van der Waals surface area (Å²) in [7, 11) is 0. The maximum absolute atomic E-state index is 12.5. The van der Waals surface area contributed by atoms with Crippen LogP contribution in [0.15, 0.2) is 18.2 Å². The van der Waals surface area contributed by atoms with Crippen LogP contribution in [-0.4, -0.2) is 36.9 Å². The lowest BCUT2D eigenvalue weighted by molar-refractivity contribution is -0.119. The number of alkyl halides is 3. The van der Waals surface area contributed by atoms with E-state index >= 15 is 0 Å². The van der Waals surface area contributed by atoms with Crippen molar-refractivity contribution in [2.24, 2.45) is 5.73 Å². The van der Waals surface area contributed by atoms with Crippen LogP contribution in [-0.2, 0) is 0 Å². The monoisotopic (exact) mass is 277 g/mol.